The molecular weight excluding hydrogens is 452 g/mol. The van der Waals surface area contributed by atoms with Crippen LogP contribution in [0.4, 0.5) is 9.59 Å². The van der Waals surface area contributed by atoms with Crippen molar-refractivity contribution in [2.75, 3.05) is 0 Å². The van der Waals surface area contributed by atoms with E-state index in [1.807, 2.05) is 116 Å². The third-order valence-corrected chi connectivity index (χ3v) is 5.90. The zero-order valence-corrected chi connectivity index (χ0v) is 22.3. The normalized spacial score (nSPS) is 12.6. The van der Waals surface area contributed by atoms with Crippen molar-refractivity contribution in [3.05, 3.63) is 71.0 Å². The minimum Gasteiger partial charge on any atom is -0.443 e. The van der Waals surface area contributed by atoms with Gasteiger partial charge in [0.05, 0.1) is 22.4 Å². The molecule has 4 aromatic rings. The van der Waals surface area contributed by atoms with Gasteiger partial charge in [0.15, 0.2) is 0 Å². The summed E-state index contributed by atoms with van der Waals surface area (Å²) in [6, 6.07) is 15.5. The van der Waals surface area contributed by atoms with Crippen LogP contribution in [0.2, 0.25) is 0 Å². The van der Waals surface area contributed by atoms with E-state index in [0.29, 0.717) is 11.4 Å². The van der Waals surface area contributed by atoms with Crippen LogP contribution in [0.3, 0.4) is 0 Å². The lowest BCUT2D eigenvalue weighted by molar-refractivity contribution is 0.0531. The highest BCUT2D eigenvalue weighted by atomic mass is 16.6. The maximum absolute atomic E-state index is 13.3. The smallest absolute Gasteiger partial charge is 0.419 e. The fraction of sp³-hybridized carbons (Fsp3) is 0.333. The fourth-order valence-corrected chi connectivity index (χ4v) is 4.41. The van der Waals surface area contributed by atoms with Gasteiger partial charge in [-0.05, 0) is 90.8 Å². The molecule has 36 heavy (non-hydrogen) atoms. The van der Waals surface area contributed by atoms with Crippen LogP contribution in [0.25, 0.3) is 34.0 Å². The van der Waals surface area contributed by atoms with Gasteiger partial charge in [0.1, 0.15) is 11.2 Å². The molecule has 0 spiro atoms. The molecular formula is C30H34N2O4. The number of hydrogen-bond acceptors (Lipinski definition) is 4. The lowest BCUT2D eigenvalue weighted by Crippen LogP contribution is -2.28. The van der Waals surface area contributed by atoms with E-state index in [1.54, 1.807) is 9.13 Å². The minimum atomic E-state index is -0.642. The van der Waals surface area contributed by atoms with Gasteiger partial charge in [0.2, 0.25) is 0 Å². The van der Waals surface area contributed by atoms with Crippen LogP contribution >= 0.6 is 0 Å². The second-order valence-electron chi connectivity index (χ2n) is 11.0. The summed E-state index contributed by atoms with van der Waals surface area (Å²) in [5.41, 5.74) is 3.56. The first-order valence-electron chi connectivity index (χ1n) is 12.1. The van der Waals surface area contributed by atoms with E-state index in [9.17, 15) is 9.59 Å². The van der Waals surface area contributed by atoms with Gasteiger partial charge in [0, 0.05) is 10.8 Å². The second kappa shape index (κ2) is 9.01. The standard InChI is InChI=1S/C30H34N2O4/c1-19-21-13-9-11-15-25(21)31(27(33)35-29(3,4)5)23(19)17-18-24-20(2)22-14-10-12-16-26(22)32(24)28(34)36-30(6,7)8/h9-18H,1-8H3. The van der Waals surface area contributed by atoms with E-state index >= 15 is 0 Å². The molecule has 0 aliphatic rings. The second-order valence-corrected chi connectivity index (χ2v) is 11.0. The summed E-state index contributed by atoms with van der Waals surface area (Å²) in [7, 11) is 0. The van der Waals surface area contributed by atoms with Crippen molar-refractivity contribution in [2.45, 2.75) is 66.6 Å². The Morgan fingerprint density at radius 3 is 1.31 bits per heavy atom. The van der Waals surface area contributed by atoms with Crippen molar-refractivity contribution in [3.63, 3.8) is 0 Å². The predicted molar refractivity (Wildman–Crippen MR) is 146 cm³/mol. The van der Waals surface area contributed by atoms with Gasteiger partial charge < -0.3 is 9.47 Å². The molecule has 0 aliphatic carbocycles. The number of aromatic nitrogens is 2. The van der Waals surface area contributed by atoms with E-state index in [2.05, 4.69) is 0 Å². The molecule has 0 unspecified atom stereocenters. The van der Waals surface area contributed by atoms with Crippen LogP contribution < -0.4 is 0 Å². The van der Waals surface area contributed by atoms with Crippen LogP contribution in [0.15, 0.2) is 48.5 Å². The van der Waals surface area contributed by atoms with Crippen LogP contribution in [0.1, 0.15) is 64.1 Å². The fourth-order valence-electron chi connectivity index (χ4n) is 4.41. The average molecular weight is 487 g/mol. The molecule has 6 heteroatoms. The van der Waals surface area contributed by atoms with E-state index in [-0.39, 0.29) is 0 Å². The lowest BCUT2D eigenvalue weighted by Gasteiger charge is -2.21. The molecule has 0 N–H and O–H groups in total. The van der Waals surface area contributed by atoms with Gasteiger partial charge in [-0.25, -0.2) is 18.7 Å². The highest BCUT2D eigenvalue weighted by Crippen LogP contribution is 2.31. The van der Waals surface area contributed by atoms with E-state index in [0.717, 1.165) is 32.9 Å². The third-order valence-electron chi connectivity index (χ3n) is 5.90. The van der Waals surface area contributed by atoms with Crippen LogP contribution in [0.5, 0.6) is 0 Å². The zero-order chi connectivity index (χ0) is 26.4. The van der Waals surface area contributed by atoms with Crippen LogP contribution in [0, 0.1) is 13.8 Å². The first-order chi connectivity index (χ1) is 16.8. The number of carbonyl (C=O) groups excluding carboxylic acids is 2. The summed E-state index contributed by atoms with van der Waals surface area (Å²) in [5, 5.41) is 1.93. The Kier molecular flexibility index (Phi) is 6.33. The zero-order valence-electron chi connectivity index (χ0n) is 22.3. The van der Waals surface area contributed by atoms with E-state index in [1.165, 1.54) is 0 Å². The topological polar surface area (TPSA) is 62.5 Å². The van der Waals surface area contributed by atoms with Crippen molar-refractivity contribution in [1.29, 1.82) is 0 Å². The number of para-hydroxylation sites is 2. The Morgan fingerprint density at radius 2 is 0.972 bits per heavy atom. The summed E-state index contributed by atoms with van der Waals surface area (Å²) in [6.07, 6.45) is 2.86. The molecule has 0 saturated heterocycles. The van der Waals surface area contributed by atoms with Gasteiger partial charge in [-0.2, -0.15) is 0 Å². The summed E-state index contributed by atoms with van der Waals surface area (Å²) in [6.45, 7) is 15.1. The molecule has 2 heterocycles. The summed E-state index contributed by atoms with van der Waals surface area (Å²) in [4.78, 5) is 26.6. The Bertz CT molecular complexity index is 1390. The number of hydrogen-bond donors (Lipinski definition) is 0. The largest absolute Gasteiger partial charge is 0.443 e. The molecule has 4 rings (SSSR count). The number of rotatable bonds is 2. The first-order valence-corrected chi connectivity index (χ1v) is 12.1. The van der Waals surface area contributed by atoms with Crippen molar-refractivity contribution in [2.24, 2.45) is 0 Å². The average Bonchev–Trinajstić information content (AvgIpc) is 3.21. The molecule has 0 atom stereocenters. The molecule has 6 nitrogen and oxygen atoms in total. The number of benzene rings is 2. The number of fused-ring (bicyclic) bond motifs is 2. The summed E-state index contributed by atoms with van der Waals surface area (Å²) < 4.78 is 14.7. The van der Waals surface area contributed by atoms with Crippen molar-refractivity contribution in [1.82, 2.24) is 9.13 Å². The van der Waals surface area contributed by atoms with Gasteiger partial charge in [-0.15, -0.1) is 0 Å². The molecule has 0 fully saturated rings. The minimum absolute atomic E-state index is 0.448. The third kappa shape index (κ3) is 4.81. The SMILES string of the molecule is Cc1c(C=Cc2c(C)c3ccccc3n2C(=O)OC(C)(C)C)n(C(=O)OC(C)(C)C)c2ccccc12. The van der Waals surface area contributed by atoms with Crippen LogP contribution in [-0.4, -0.2) is 32.5 Å². The Morgan fingerprint density at radius 1 is 0.639 bits per heavy atom. The number of nitrogens with zero attached hydrogens (tertiary/aromatic N) is 2. The lowest BCUT2D eigenvalue weighted by atomic mass is 10.1. The van der Waals surface area contributed by atoms with E-state index in [4.69, 9.17) is 9.47 Å². The summed E-state index contributed by atoms with van der Waals surface area (Å²) in [5.74, 6) is 0. The van der Waals surface area contributed by atoms with Crippen molar-refractivity contribution >= 4 is 46.1 Å². The molecule has 0 aliphatic heterocycles. The number of ether oxygens (including phenoxy) is 2. The maximum Gasteiger partial charge on any atom is 0.419 e. The monoisotopic (exact) mass is 486 g/mol. The molecule has 0 radical (unpaired) electrons. The molecule has 0 bridgehead atoms. The molecule has 188 valence electrons. The maximum atomic E-state index is 13.3. The van der Waals surface area contributed by atoms with Crippen molar-refractivity contribution in [3.8, 4) is 0 Å². The Labute approximate surface area is 212 Å². The van der Waals surface area contributed by atoms with Gasteiger partial charge in [-0.3, -0.25) is 0 Å². The van der Waals surface area contributed by atoms with Crippen LogP contribution in [-0.2, 0) is 9.47 Å². The molecule has 2 aromatic heterocycles. The highest BCUT2D eigenvalue weighted by Gasteiger charge is 2.25. The summed E-state index contributed by atoms with van der Waals surface area (Å²) >= 11 is 0. The quantitative estimate of drug-likeness (QED) is 0.288. The highest BCUT2D eigenvalue weighted by molar-refractivity contribution is 5.99. The van der Waals surface area contributed by atoms with Gasteiger partial charge in [0.25, 0.3) is 0 Å². The molecule has 0 amide bonds. The predicted octanol–water partition coefficient (Wildman–Crippen LogP) is 7.95. The first kappa shape index (κ1) is 25.3. The van der Waals surface area contributed by atoms with Gasteiger partial charge >= 0.3 is 12.2 Å². The van der Waals surface area contributed by atoms with Crippen molar-refractivity contribution < 1.29 is 19.1 Å². The molecule has 2 aromatic carbocycles. The van der Waals surface area contributed by atoms with Gasteiger partial charge in [-0.1, -0.05) is 36.4 Å². The molecule has 0 saturated carbocycles. The Balaban J connectivity index is 1.91. The Hall–Kier alpha value is -3.80. The number of aryl methyl sites for hydroxylation is 2. The van der Waals surface area contributed by atoms with E-state index < -0.39 is 23.4 Å². The number of carbonyl (C=O) groups is 2.